The lowest BCUT2D eigenvalue weighted by Gasteiger charge is -2.40. The van der Waals surface area contributed by atoms with E-state index in [9.17, 15) is 4.79 Å². The lowest BCUT2D eigenvalue weighted by Crippen LogP contribution is -2.34. The van der Waals surface area contributed by atoms with Crippen molar-refractivity contribution in [1.82, 2.24) is 0 Å². The number of carbonyl (C=O) groups excluding carboxylic acids is 1. The number of rotatable bonds is 4. The van der Waals surface area contributed by atoms with Gasteiger partial charge in [0.2, 0.25) is 0 Å². The average molecular weight is 506 g/mol. The first-order valence-electron chi connectivity index (χ1n) is 11.4. The molecular weight excluding hydrogens is 478 g/mol. The minimum atomic E-state index is -0.188. The fourth-order valence-electron chi connectivity index (χ4n) is 5.33. The van der Waals surface area contributed by atoms with E-state index in [1.807, 2.05) is 13.0 Å². The Morgan fingerprint density at radius 2 is 1.91 bits per heavy atom. The van der Waals surface area contributed by atoms with Crippen LogP contribution in [0.1, 0.15) is 50.7 Å². The van der Waals surface area contributed by atoms with Crippen LogP contribution in [0.2, 0.25) is 0 Å². The number of methoxy groups -OCH3 is 1. The van der Waals surface area contributed by atoms with Gasteiger partial charge in [-0.05, 0) is 74.8 Å². The molecule has 1 heterocycles. The zero-order chi connectivity index (χ0) is 23.3. The Bertz CT molecular complexity index is 1310. The van der Waals surface area contributed by atoms with Gasteiger partial charge in [0, 0.05) is 29.3 Å². The lowest BCUT2D eigenvalue weighted by atomic mass is 9.68. The van der Waals surface area contributed by atoms with E-state index < -0.39 is 0 Å². The Hall–Kier alpha value is -2.79. The molecule has 1 N–H and O–H groups in total. The van der Waals surface area contributed by atoms with Gasteiger partial charge >= 0.3 is 0 Å². The number of hydrogen-bond donors (Lipinski definition) is 1. The number of anilines is 1. The van der Waals surface area contributed by atoms with Gasteiger partial charge in [0.25, 0.3) is 0 Å². The van der Waals surface area contributed by atoms with Crippen molar-refractivity contribution in [2.75, 3.05) is 19.0 Å². The minimum absolute atomic E-state index is 0.0705. The molecule has 0 amide bonds. The van der Waals surface area contributed by atoms with Gasteiger partial charge in [-0.15, -0.1) is 0 Å². The summed E-state index contributed by atoms with van der Waals surface area (Å²) in [5, 5.41) is 5.96. The number of ketones is 1. The first kappa shape index (κ1) is 22.0. The van der Waals surface area contributed by atoms with Crippen molar-refractivity contribution in [1.29, 1.82) is 0 Å². The van der Waals surface area contributed by atoms with Crippen molar-refractivity contribution in [3.8, 4) is 11.5 Å². The molecule has 0 spiro atoms. The zero-order valence-corrected chi connectivity index (χ0v) is 21.0. The third-order valence-electron chi connectivity index (χ3n) is 6.63. The summed E-state index contributed by atoms with van der Waals surface area (Å²) >= 11 is 3.70. The Labute approximate surface area is 203 Å². The molecule has 3 aromatic carbocycles. The fraction of sp³-hybridized carbons (Fsp3) is 0.321. The van der Waals surface area contributed by atoms with Gasteiger partial charge in [0.05, 0.1) is 18.2 Å². The zero-order valence-electron chi connectivity index (χ0n) is 19.4. The van der Waals surface area contributed by atoms with Gasteiger partial charge in [-0.2, -0.15) is 0 Å². The maximum Gasteiger partial charge on any atom is 0.175 e. The quantitative estimate of drug-likeness (QED) is 0.406. The van der Waals surface area contributed by atoms with Crippen LogP contribution in [0.15, 0.2) is 64.3 Å². The summed E-state index contributed by atoms with van der Waals surface area (Å²) < 4.78 is 12.4. The summed E-state index contributed by atoms with van der Waals surface area (Å²) in [5.41, 5.74) is 5.05. The molecule has 0 radical (unpaired) electrons. The molecule has 1 atom stereocenters. The van der Waals surface area contributed by atoms with Crippen LogP contribution in [0.3, 0.4) is 0 Å². The van der Waals surface area contributed by atoms with Gasteiger partial charge in [0.1, 0.15) is 0 Å². The van der Waals surface area contributed by atoms with Crippen molar-refractivity contribution < 1.29 is 14.3 Å². The number of Topliss-reactive ketones (excluding diaryl/α,β-unsaturated/α-hetero) is 1. The Balaban J connectivity index is 1.81. The van der Waals surface area contributed by atoms with Gasteiger partial charge in [-0.3, -0.25) is 4.79 Å². The molecule has 0 saturated carbocycles. The summed E-state index contributed by atoms with van der Waals surface area (Å²) in [6.07, 6.45) is 1.38. The van der Waals surface area contributed by atoms with Gasteiger partial charge < -0.3 is 14.8 Å². The van der Waals surface area contributed by atoms with Crippen molar-refractivity contribution in [2.45, 2.75) is 39.5 Å². The van der Waals surface area contributed by atoms with E-state index in [0.29, 0.717) is 24.5 Å². The van der Waals surface area contributed by atoms with Crippen LogP contribution < -0.4 is 14.8 Å². The summed E-state index contributed by atoms with van der Waals surface area (Å²) in [7, 11) is 1.65. The summed E-state index contributed by atoms with van der Waals surface area (Å²) in [6.45, 7) is 6.82. The highest BCUT2D eigenvalue weighted by Gasteiger charge is 2.41. The molecule has 170 valence electrons. The normalized spacial score (nSPS) is 19.1. The largest absolute Gasteiger partial charge is 0.493 e. The molecule has 5 rings (SSSR count). The summed E-state index contributed by atoms with van der Waals surface area (Å²) in [6, 6.07) is 16.8. The van der Waals surface area contributed by atoms with Crippen LogP contribution in [0, 0.1) is 5.41 Å². The van der Waals surface area contributed by atoms with E-state index >= 15 is 0 Å². The highest BCUT2D eigenvalue weighted by Crippen LogP contribution is 2.52. The Kier molecular flexibility index (Phi) is 5.48. The molecule has 1 aliphatic carbocycles. The Morgan fingerprint density at radius 1 is 1.12 bits per heavy atom. The first-order valence-corrected chi connectivity index (χ1v) is 12.2. The molecule has 2 aliphatic rings. The molecule has 0 saturated heterocycles. The molecule has 0 bridgehead atoms. The van der Waals surface area contributed by atoms with Crippen LogP contribution in [-0.2, 0) is 4.79 Å². The van der Waals surface area contributed by atoms with Crippen molar-refractivity contribution >= 4 is 38.2 Å². The van der Waals surface area contributed by atoms with E-state index in [4.69, 9.17) is 9.47 Å². The highest BCUT2D eigenvalue weighted by molar-refractivity contribution is 9.10. The van der Waals surface area contributed by atoms with E-state index in [1.54, 1.807) is 7.11 Å². The number of halogens is 1. The standard InChI is InChI=1S/C28H28BrNO3/c1-5-33-27-19(29)12-17(13-23(27)32-4)24-25-18-9-7-6-8-16(18)10-11-20(25)30-21-14-28(2,3)15-22(31)26(21)24/h6-13,24,30H,5,14-15H2,1-4H3. The second-order valence-corrected chi connectivity index (χ2v) is 10.5. The van der Waals surface area contributed by atoms with Gasteiger partial charge in [-0.25, -0.2) is 0 Å². The number of nitrogens with one attached hydrogen (secondary N) is 1. The van der Waals surface area contributed by atoms with Crippen LogP contribution in [-0.4, -0.2) is 19.5 Å². The Morgan fingerprint density at radius 3 is 2.67 bits per heavy atom. The molecule has 1 aliphatic heterocycles. The van der Waals surface area contributed by atoms with Crippen LogP contribution in [0.25, 0.3) is 10.8 Å². The average Bonchev–Trinajstić information content (AvgIpc) is 2.78. The maximum atomic E-state index is 13.6. The van der Waals surface area contributed by atoms with Crippen LogP contribution in [0.4, 0.5) is 5.69 Å². The van der Waals surface area contributed by atoms with Crippen LogP contribution >= 0.6 is 15.9 Å². The summed E-state index contributed by atoms with van der Waals surface area (Å²) in [4.78, 5) is 13.6. The van der Waals surface area contributed by atoms with Crippen molar-refractivity contribution in [3.05, 3.63) is 75.4 Å². The molecule has 5 heteroatoms. The third-order valence-corrected chi connectivity index (χ3v) is 7.22. The van der Waals surface area contributed by atoms with Crippen molar-refractivity contribution in [3.63, 3.8) is 0 Å². The second-order valence-electron chi connectivity index (χ2n) is 9.61. The number of ether oxygens (including phenoxy) is 2. The first-order chi connectivity index (χ1) is 15.8. The molecule has 0 fully saturated rings. The third kappa shape index (κ3) is 3.72. The van der Waals surface area contributed by atoms with Crippen molar-refractivity contribution in [2.24, 2.45) is 5.41 Å². The maximum absolute atomic E-state index is 13.6. The molecule has 0 aromatic heterocycles. The molecule has 4 nitrogen and oxygen atoms in total. The number of hydrogen-bond acceptors (Lipinski definition) is 4. The summed E-state index contributed by atoms with van der Waals surface area (Å²) in [5.74, 6) is 1.36. The monoisotopic (exact) mass is 505 g/mol. The molecule has 1 unspecified atom stereocenters. The molecular formula is C28H28BrNO3. The predicted octanol–water partition coefficient (Wildman–Crippen LogP) is 7.21. The molecule has 3 aromatic rings. The lowest BCUT2D eigenvalue weighted by molar-refractivity contribution is -0.118. The minimum Gasteiger partial charge on any atom is -0.493 e. The second kappa shape index (κ2) is 8.21. The fourth-order valence-corrected chi connectivity index (χ4v) is 5.90. The number of fused-ring (bicyclic) bond motifs is 3. The van der Waals surface area contributed by atoms with E-state index in [-0.39, 0.29) is 17.1 Å². The molecule has 33 heavy (non-hydrogen) atoms. The SMILES string of the molecule is CCOc1c(Br)cc(C2C3=C(CC(C)(C)CC3=O)Nc3ccc4ccccc4c32)cc1OC. The van der Waals surface area contributed by atoms with E-state index in [0.717, 1.165) is 49.8 Å². The smallest absolute Gasteiger partial charge is 0.175 e. The topological polar surface area (TPSA) is 47.6 Å². The highest BCUT2D eigenvalue weighted by atomic mass is 79.9. The van der Waals surface area contributed by atoms with E-state index in [1.165, 1.54) is 0 Å². The van der Waals surface area contributed by atoms with Gasteiger partial charge in [-0.1, -0.05) is 44.2 Å². The number of carbonyl (C=O) groups is 1. The predicted molar refractivity (Wildman–Crippen MR) is 136 cm³/mol. The van der Waals surface area contributed by atoms with E-state index in [2.05, 4.69) is 77.6 Å². The number of benzene rings is 3. The van der Waals surface area contributed by atoms with Crippen LogP contribution in [0.5, 0.6) is 11.5 Å². The van der Waals surface area contributed by atoms with Gasteiger partial charge in [0.15, 0.2) is 17.3 Å². The number of allylic oxidation sites excluding steroid dienone is 2.